The molecule has 0 saturated carbocycles. The molecule has 0 aromatic heterocycles. The zero-order valence-corrected chi connectivity index (χ0v) is 15.2. The number of hydrogen-bond acceptors (Lipinski definition) is 6. The highest BCUT2D eigenvalue weighted by molar-refractivity contribution is 5.85. The van der Waals surface area contributed by atoms with Crippen molar-refractivity contribution < 1.29 is 19.2 Å². The Balaban J connectivity index is 0.00000312. The second-order valence-corrected chi connectivity index (χ2v) is 5.61. The molecule has 140 valence electrons. The fourth-order valence-corrected chi connectivity index (χ4v) is 2.78. The van der Waals surface area contributed by atoms with Crippen LogP contribution in [0.5, 0.6) is 11.5 Å². The lowest BCUT2D eigenvalue weighted by molar-refractivity contribution is -0.385. The molecule has 0 radical (unpaired) electrons. The lowest BCUT2D eigenvalue weighted by Gasteiger charge is -2.28. The summed E-state index contributed by atoms with van der Waals surface area (Å²) < 4.78 is 10.5. The van der Waals surface area contributed by atoms with Crippen LogP contribution in [-0.2, 0) is 4.79 Å². The average molecular weight is 374 g/mol. The van der Waals surface area contributed by atoms with E-state index in [-0.39, 0.29) is 42.4 Å². The van der Waals surface area contributed by atoms with Gasteiger partial charge in [0.15, 0.2) is 6.61 Å². The van der Waals surface area contributed by atoms with E-state index < -0.39 is 4.92 Å². The third-order valence-electron chi connectivity index (χ3n) is 3.97. The number of nitrogens with one attached hydrogen (secondary N) is 1. The van der Waals surface area contributed by atoms with Crippen molar-refractivity contribution in [2.45, 2.75) is 25.8 Å². The minimum absolute atomic E-state index is 0. The summed E-state index contributed by atoms with van der Waals surface area (Å²) in [6.45, 7) is 4.34. The molecule has 1 aromatic rings. The first kappa shape index (κ1) is 21.0. The van der Waals surface area contributed by atoms with Crippen molar-refractivity contribution in [3.63, 3.8) is 0 Å². The molecule has 1 N–H and O–H groups in total. The van der Waals surface area contributed by atoms with Gasteiger partial charge in [0.25, 0.3) is 5.91 Å². The van der Waals surface area contributed by atoms with E-state index in [1.165, 1.54) is 25.3 Å². The van der Waals surface area contributed by atoms with E-state index in [0.717, 1.165) is 25.9 Å². The smallest absolute Gasteiger partial charge is 0.311 e. The van der Waals surface area contributed by atoms with Gasteiger partial charge < -0.3 is 19.7 Å². The minimum atomic E-state index is -0.524. The van der Waals surface area contributed by atoms with Gasteiger partial charge in [-0.15, -0.1) is 12.4 Å². The summed E-state index contributed by atoms with van der Waals surface area (Å²) in [7, 11) is 1.35. The Morgan fingerprint density at radius 2 is 2.24 bits per heavy atom. The number of benzene rings is 1. The topological polar surface area (TPSA) is 93.9 Å². The molecule has 8 nitrogen and oxygen atoms in total. The van der Waals surface area contributed by atoms with Gasteiger partial charge in [0.2, 0.25) is 5.75 Å². The van der Waals surface area contributed by atoms with Crippen LogP contribution in [0.15, 0.2) is 18.2 Å². The standard InChI is InChI=1S/C16H23N3O5.ClH/c1-3-8-18(12-6-7-17-10-12)16(20)11-24-13-4-5-14(19(21)22)15(9-13)23-2;/h4-5,9,12,17H,3,6-8,10-11H2,1-2H3;1H. The monoisotopic (exact) mass is 373 g/mol. The zero-order chi connectivity index (χ0) is 17.5. The fourth-order valence-electron chi connectivity index (χ4n) is 2.78. The minimum Gasteiger partial charge on any atom is -0.490 e. The number of carbonyl (C=O) groups excluding carboxylic acids is 1. The number of nitro benzene ring substituents is 1. The molecule has 1 atom stereocenters. The first-order chi connectivity index (χ1) is 11.6. The van der Waals surface area contributed by atoms with Gasteiger partial charge in [-0.1, -0.05) is 6.92 Å². The summed E-state index contributed by atoms with van der Waals surface area (Å²) >= 11 is 0. The number of amides is 1. The van der Waals surface area contributed by atoms with Crippen LogP contribution in [-0.4, -0.2) is 55.1 Å². The van der Waals surface area contributed by atoms with E-state index in [0.29, 0.717) is 12.3 Å². The second kappa shape index (κ2) is 10.0. The predicted molar refractivity (Wildman–Crippen MR) is 95.7 cm³/mol. The van der Waals surface area contributed by atoms with Crippen molar-refractivity contribution in [2.75, 3.05) is 33.4 Å². The fraction of sp³-hybridized carbons (Fsp3) is 0.562. The van der Waals surface area contributed by atoms with Gasteiger partial charge >= 0.3 is 5.69 Å². The number of nitro groups is 1. The lowest BCUT2D eigenvalue weighted by atomic mass is 10.2. The number of hydrogen-bond donors (Lipinski definition) is 1. The second-order valence-electron chi connectivity index (χ2n) is 5.61. The Hall–Kier alpha value is -2.06. The number of halogens is 1. The van der Waals surface area contributed by atoms with Crippen molar-refractivity contribution in [2.24, 2.45) is 0 Å². The number of nitrogens with zero attached hydrogens (tertiary/aromatic N) is 2. The van der Waals surface area contributed by atoms with Crippen molar-refractivity contribution in [1.29, 1.82) is 0 Å². The van der Waals surface area contributed by atoms with E-state index in [2.05, 4.69) is 5.32 Å². The summed E-state index contributed by atoms with van der Waals surface area (Å²) in [4.78, 5) is 24.7. The van der Waals surface area contributed by atoms with Gasteiger partial charge in [-0.05, 0) is 25.5 Å². The Morgan fingerprint density at radius 1 is 1.48 bits per heavy atom. The molecular weight excluding hydrogens is 350 g/mol. The number of methoxy groups -OCH3 is 1. The van der Waals surface area contributed by atoms with E-state index >= 15 is 0 Å². The molecule has 1 aliphatic heterocycles. The normalized spacial score (nSPS) is 16.0. The highest BCUT2D eigenvalue weighted by Gasteiger charge is 2.26. The van der Waals surface area contributed by atoms with Crippen LogP contribution in [0, 0.1) is 10.1 Å². The van der Waals surface area contributed by atoms with Crippen molar-refractivity contribution >= 4 is 24.0 Å². The van der Waals surface area contributed by atoms with Gasteiger partial charge in [-0.3, -0.25) is 14.9 Å². The summed E-state index contributed by atoms with van der Waals surface area (Å²) in [5.74, 6) is 0.394. The van der Waals surface area contributed by atoms with Crippen LogP contribution in [0.1, 0.15) is 19.8 Å². The molecule has 2 rings (SSSR count). The zero-order valence-electron chi connectivity index (χ0n) is 14.4. The molecule has 1 unspecified atom stereocenters. The van der Waals surface area contributed by atoms with E-state index in [4.69, 9.17) is 9.47 Å². The van der Waals surface area contributed by atoms with E-state index in [1.54, 1.807) is 0 Å². The first-order valence-electron chi connectivity index (χ1n) is 8.02. The quantitative estimate of drug-likeness (QED) is 0.553. The van der Waals surface area contributed by atoms with Crippen molar-refractivity contribution in [1.82, 2.24) is 10.2 Å². The first-order valence-corrected chi connectivity index (χ1v) is 8.02. The lowest BCUT2D eigenvalue weighted by Crippen LogP contribution is -2.44. The van der Waals surface area contributed by atoms with Gasteiger partial charge in [0.1, 0.15) is 5.75 Å². The van der Waals surface area contributed by atoms with Gasteiger partial charge in [0, 0.05) is 31.3 Å². The maximum atomic E-state index is 12.5. The third-order valence-corrected chi connectivity index (χ3v) is 3.97. The highest BCUT2D eigenvalue weighted by atomic mass is 35.5. The largest absolute Gasteiger partial charge is 0.490 e. The Bertz CT molecular complexity index is 593. The van der Waals surface area contributed by atoms with Crippen LogP contribution in [0.25, 0.3) is 0 Å². The molecule has 9 heteroatoms. The van der Waals surface area contributed by atoms with Gasteiger partial charge in [0.05, 0.1) is 12.0 Å². The van der Waals surface area contributed by atoms with Gasteiger partial charge in [-0.2, -0.15) is 0 Å². The Kier molecular flexibility index (Phi) is 8.44. The summed E-state index contributed by atoms with van der Waals surface area (Å²) in [5, 5.41) is 14.1. The summed E-state index contributed by atoms with van der Waals surface area (Å²) in [6.07, 6.45) is 1.82. The summed E-state index contributed by atoms with van der Waals surface area (Å²) in [6, 6.07) is 4.40. The molecule has 1 aliphatic rings. The molecule has 0 bridgehead atoms. The predicted octanol–water partition coefficient (Wildman–Crippen LogP) is 2.00. The Morgan fingerprint density at radius 3 is 2.80 bits per heavy atom. The molecule has 25 heavy (non-hydrogen) atoms. The SMILES string of the molecule is CCCN(C(=O)COc1ccc([N+](=O)[O-])c(OC)c1)C1CCNC1.Cl. The molecular formula is C16H24ClN3O5. The molecule has 1 heterocycles. The molecule has 0 aliphatic carbocycles. The van der Waals surface area contributed by atoms with Gasteiger partial charge in [-0.25, -0.2) is 0 Å². The maximum absolute atomic E-state index is 12.5. The number of rotatable bonds is 8. The highest BCUT2D eigenvalue weighted by Crippen LogP contribution is 2.30. The molecule has 0 spiro atoms. The Labute approximate surface area is 153 Å². The van der Waals surface area contributed by atoms with Crippen molar-refractivity contribution in [3.05, 3.63) is 28.3 Å². The van der Waals surface area contributed by atoms with Crippen LogP contribution in [0.4, 0.5) is 5.69 Å². The number of ether oxygens (including phenoxy) is 2. The molecule has 1 aromatic carbocycles. The molecule has 1 amide bonds. The van der Waals surface area contributed by atoms with E-state index in [9.17, 15) is 14.9 Å². The van der Waals surface area contributed by atoms with Crippen LogP contribution in [0.2, 0.25) is 0 Å². The number of carbonyl (C=O) groups is 1. The summed E-state index contributed by atoms with van der Waals surface area (Å²) in [5.41, 5.74) is -0.138. The van der Waals surface area contributed by atoms with Crippen molar-refractivity contribution in [3.8, 4) is 11.5 Å². The third kappa shape index (κ3) is 5.47. The van der Waals surface area contributed by atoms with Crippen LogP contribution in [0.3, 0.4) is 0 Å². The van der Waals surface area contributed by atoms with Crippen LogP contribution >= 0.6 is 12.4 Å². The molecule has 1 fully saturated rings. The van der Waals surface area contributed by atoms with E-state index in [1.807, 2.05) is 11.8 Å². The molecule has 1 saturated heterocycles. The maximum Gasteiger partial charge on any atom is 0.311 e. The van der Waals surface area contributed by atoms with Crippen LogP contribution < -0.4 is 14.8 Å². The average Bonchev–Trinajstić information content (AvgIpc) is 3.11.